The summed E-state index contributed by atoms with van der Waals surface area (Å²) < 4.78 is 0. The molecule has 4 aliphatic rings. The number of carbonyl (C=O) groups excluding carboxylic acids is 4. The zero-order valence-electron chi connectivity index (χ0n) is 33.0. The van der Waals surface area contributed by atoms with Gasteiger partial charge >= 0.3 is 0 Å². The molecule has 14 nitrogen and oxygen atoms in total. The fourth-order valence-electron chi connectivity index (χ4n) is 8.93. The fraction of sp³-hybridized carbons (Fsp3) is 0.524. The maximum atomic E-state index is 13.8. The first-order valence-corrected chi connectivity index (χ1v) is 20.2. The van der Waals surface area contributed by atoms with Gasteiger partial charge in [0.25, 0.3) is 5.91 Å². The van der Waals surface area contributed by atoms with Gasteiger partial charge in [-0.1, -0.05) is 19.9 Å². The van der Waals surface area contributed by atoms with Crippen molar-refractivity contribution in [3.05, 3.63) is 59.5 Å². The Labute approximate surface area is 327 Å². The molecule has 3 aromatic heterocycles. The highest BCUT2D eigenvalue weighted by Crippen LogP contribution is 2.38. The highest BCUT2D eigenvalue weighted by atomic mass is 16.2. The monoisotopic (exact) mass is 762 g/mol. The number of imide groups is 1. The van der Waals surface area contributed by atoms with E-state index in [1.807, 2.05) is 26.1 Å². The van der Waals surface area contributed by atoms with Crippen molar-refractivity contribution in [2.45, 2.75) is 77.8 Å². The average Bonchev–Trinajstić information content (AvgIpc) is 3.81. The lowest BCUT2D eigenvalue weighted by molar-refractivity contribution is -0.134. The molecule has 1 unspecified atom stereocenters. The van der Waals surface area contributed by atoms with Crippen LogP contribution < -0.4 is 20.4 Å². The first kappa shape index (κ1) is 37.8. The molecule has 3 fully saturated rings. The molecule has 14 heteroatoms. The van der Waals surface area contributed by atoms with E-state index in [4.69, 9.17) is 5.10 Å². The summed E-state index contributed by atoms with van der Waals surface area (Å²) in [4.78, 5) is 66.8. The van der Waals surface area contributed by atoms with Crippen LogP contribution in [-0.2, 0) is 27.2 Å². The number of pyridine rings is 1. The van der Waals surface area contributed by atoms with Crippen molar-refractivity contribution < 1.29 is 19.2 Å². The molecule has 8 rings (SSSR count). The number of piperidine rings is 2. The van der Waals surface area contributed by atoms with Gasteiger partial charge in [0.15, 0.2) is 0 Å². The van der Waals surface area contributed by atoms with E-state index in [2.05, 4.69) is 72.4 Å². The van der Waals surface area contributed by atoms with Gasteiger partial charge in [0.05, 0.1) is 23.6 Å². The summed E-state index contributed by atoms with van der Waals surface area (Å²) in [6, 6.07) is 11.0. The number of nitrogens with one attached hydrogen (secondary N) is 4. The lowest BCUT2D eigenvalue weighted by atomic mass is 9.76. The molecule has 1 aromatic carbocycles. The van der Waals surface area contributed by atoms with E-state index in [0.717, 1.165) is 112 Å². The Bertz CT molecular complexity index is 2110. The van der Waals surface area contributed by atoms with E-state index in [-0.39, 0.29) is 41.8 Å². The second kappa shape index (κ2) is 15.5. The molecule has 0 saturated carbocycles. The van der Waals surface area contributed by atoms with Gasteiger partial charge in [-0.3, -0.25) is 34.5 Å². The van der Waals surface area contributed by atoms with Crippen LogP contribution in [0.2, 0.25) is 0 Å². The number of aromatic amines is 2. The number of anilines is 2. The lowest BCUT2D eigenvalue weighted by Gasteiger charge is -2.41. The molecule has 4 aromatic rings. The van der Waals surface area contributed by atoms with Crippen molar-refractivity contribution in [2.75, 3.05) is 62.7 Å². The second-order valence-corrected chi connectivity index (χ2v) is 17.0. The number of amides is 4. The fourth-order valence-corrected chi connectivity index (χ4v) is 8.93. The molecule has 1 aliphatic carbocycles. The number of aromatic nitrogens is 4. The van der Waals surface area contributed by atoms with Crippen molar-refractivity contribution in [3.8, 4) is 11.4 Å². The standard InChI is InChI=1S/C42H54N10O4/c1-26(41(56)49(4)29-6-5-28-21-35(44-34(28)22-29)38-31-11-14-42(2,3)23-36(31)47-48-38)51-19-17-50(18-20-51)25-27-12-15-52(16-13-27)30-7-8-32(43-24-30)39(54)45-33-9-10-37(53)46-40(33)55/h5-8,21-22,24,26-27,33,44H,9-20,23,25H2,1-4H3,(H,45,54)(H,47,48)(H,46,53,55)/t26-,33?/m0/s1. The van der Waals surface area contributed by atoms with Crippen LogP contribution in [0.3, 0.4) is 0 Å². The van der Waals surface area contributed by atoms with E-state index in [1.54, 1.807) is 17.2 Å². The zero-order chi connectivity index (χ0) is 39.1. The minimum absolute atomic E-state index is 0.0957. The Kier molecular flexibility index (Phi) is 10.4. The third kappa shape index (κ3) is 7.94. The van der Waals surface area contributed by atoms with Crippen molar-refractivity contribution in [2.24, 2.45) is 11.3 Å². The highest BCUT2D eigenvalue weighted by Gasteiger charge is 2.32. The predicted molar refractivity (Wildman–Crippen MR) is 215 cm³/mol. The number of hydrogen-bond acceptors (Lipinski definition) is 9. The number of hydrogen-bond donors (Lipinski definition) is 4. The molecule has 6 heterocycles. The Morgan fingerprint density at radius 3 is 2.52 bits per heavy atom. The quantitative estimate of drug-likeness (QED) is 0.186. The van der Waals surface area contributed by atoms with Gasteiger partial charge in [-0.2, -0.15) is 5.10 Å². The molecular weight excluding hydrogens is 709 g/mol. The number of benzene rings is 1. The van der Waals surface area contributed by atoms with Gasteiger partial charge in [0.2, 0.25) is 17.7 Å². The molecule has 296 valence electrons. The smallest absolute Gasteiger partial charge is 0.270 e. The minimum atomic E-state index is -0.727. The molecular formula is C42H54N10O4. The van der Waals surface area contributed by atoms with Crippen LogP contribution in [0.15, 0.2) is 42.6 Å². The normalized spacial score (nSPS) is 21.4. The molecule has 0 spiro atoms. The number of fused-ring (bicyclic) bond motifs is 2. The average molecular weight is 763 g/mol. The van der Waals surface area contributed by atoms with Crippen LogP contribution in [0.4, 0.5) is 11.4 Å². The summed E-state index contributed by atoms with van der Waals surface area (Å²) in [5.74, 6) is -0.523. The maximum Gasteiger partial charge on any atom is 0.270 e. The summed E-state index contributed by atoms with van der Waals surface area (Å²) in [6.45, 7) is 13.2. The van der Waals surface area contributed by atoms with Crippen LogP contribution >= 0.6 is 0 Å². The first-order valence-electron chi connectivity index (χ1n) is 20.2. The van der Waals surface area contributed by atoms with E-state index in [9.17, 15) is 19.2 Å². The van der Waals surface area contributed by atoms with Crippen LogP contribution in [0.1, 0.15) is 74.6 Å². The Hall–Kier alpha value is -5.08. The Balaban J connectivity index is 0.787. The molecule has 4 N–H and O–H groups in total. The number of H-pyrrole nitrogens is 2. The topological polar surface area (TPSA) is 163 Å². The predicted octanol–water partition coefficient (Wildman–Crippen LogP) is 3.89. The number of likely N-dealkylation sites (N-methyl/N-ethyl adjacent to an activating group) is 1. The summed E-state index contributed by atoms with van der Waals surface area (Å²) in [7, 11) is 1.88. The largest absolute Gasteiger partial charge is 0.370 e. The second-order valence-electron chi connectivity index (χ2n) is 17.0. The van der Waals surface area contributed by atoms with Crippen molar-refractivity contribution >= 4 is 45.9 Å². The van der Waals surface area contributed by atoms with E-state index >= 15 is 0 Å². The lowest BCUT2D eigenvalue weighted by Crippen LogP contribution is -2.55. The number of piperazine rings is 1. The van der Waals surface area contributed by atoms with Crippen molar-refractivity contribution in [1.82, 2.24) is 40.6 Å². The molecule has 3 aliphatic heterocycles. The van der Waals surface area contributed by atoms with Gasteiger partial charge in [0.1, 0.15) is 17.4 Å². The molecule has 4 amide bonds. The number of carbonyl (C=O) groups is 4. The van der Waals surface area contributed by atoms with Crippen molar-refractivity contribution in [1.29, 1.82) is 0 Å². The molecule has 56 heavy (non-hydrogen) atoms. The zero-order valence-corrected chi connectivity index (χ0v) is 33.0. The Morgan fingerprint density at radius 1 is 1.00 bits per heavy atom. The van der Waals surface area contributed by atoms with Gasteiger partial charge < -0.3 is 25.0 Å². The molecule has 3 saturated heterocycles. The third-order valence-electron chi connectivity index (χ3n) is 12.6. The molecule has 0 radical (unpaired) electrons. The SMILES string of the molecule is C[C@@H](C(=O)N(C)c1ccc2cc(-c3n[nH]c4c3CCC(C)(C)C4)[nH]c2c1)N1CCN(CC2CCN(c3ccc(C(=O)NC4CCC(=O)NC4=O)nc3)CC2)CC1. The minimum Gasteiger partial charge on any atom is -0.370 e. The first-order chi connectivity index (χ1) is 26.9. The van der Waals surface area contributed by atoms with Crippen LogP contribution in [-0.4, -0.2) is 119 Å². The van der Waals surface area contributed by atoms with Gasteiger partial charge in [-0.25, -0.2) is 4.98 Å². The molecule has 0 bridgehead atoms. The molecule has 2 atom stereocenters. The number of nitrogens with zero attached hydrogens (tertiary/aromatic N) is 6. The van der Waals surface area contributed by atoms with Crippen LogP contribution in [0.5, 0.6) is 0 Å². The van der Waals surface area contributed by atoms with Crippen LogP contribution in [0, 0.1) is 11.3 Å². The van der Waals surface area contributed by atoms with E-state index in [1.165, 1.54) is 11.3 Å². The third-order valence-corrected chi connectivity index (χ3v) is 12.6. The van der Waals surface area contributed by atoms with E-state index in [0.29, 0.717) is 5.92 Å². The summed E-state index contributed by atoms with van der Waals surface area (Å²) in [5.41, 5.74) is 7.98. The summed E-state index contributed by atoms with van der Waals surface area (Å²) >= 11 is 0. The Morgan fingerprint density at radius 2 is 1.79 bits per heavy atom. The highest BCUT2D eigenvalue weighted by molar-refractivity contribution is 6.03. The van der Waals surface area contributed by atoms with Gasteiger partial charge in [-0.05, 0) is 87.1 Å². The van der Waals surface area contributed by atoms with E-state index < -0.39 is 17.9 Å². The van der Waals surface area contributed by atoms with Gasteiger partial charge in [0, 0.05) is 87.1 Å². The van der Waals surface area contributed by atoms with Crippen molar-refractivity contribution in [3.63, 3.8) is 0 Å². The maximum absolute atomic E-state index is 13.8. The summed E-state index contributed by atoms with van der Waals surface area (Å²) in [6.07, 6.45) is 7.56. The number of rotatable bonds is 9. The van der Waals surface area contributed by atoms with Gasteiger partial charge in [-0.15, -0.1) is 0 Å². The van der Waals surface area contributed by atoms with Crippen LogP contribution in [0.25, 0.3) is 22.3 Å². The summed E-state index contributed by atoms with van der Waals surface area (Å²) in [5, 5.41) is 14.1.